The van der Waals surface area contributed by atoms with Crippen LogP contribution < -0.4 is 0 Å². The molecule has 4 rings (SSSR count). The molecule has 2 atom stereocenters. The molecule has 0 radical (unpaired) electrons. The van der Waals surface area contributed by atoms with E-state index in [1.165, 1.54) is 73.7 Å². The number of benzene rings is 1. The third kappa shape index (κ3) is 11.4. The summed E-state index contributed by atoms with van der Waals surface area (Å²) in [7, 11) is 0. The number of rotatable bonds is 6. The first-order valence-corrected chi connectivity index (χ1v) is 15.1. The minimum atomic E-state index is -0.168. The third-order valence-corrected chi connectivity index (χ3v) is 7.85. The molecule has 0 bridgehead atoms. The van der Waals surface area contributed by atoms with Crippen LogP contribution in [0.15, 0.2) is 76.9 Å². The van der Waals surface area contributed by atoms with Gasteiger partial charge in [-0.15, -0.1) is 0 Å². The zero-order valence-corrected chi connectivity index (χ0v) is 24.7. The van der Waals surface area contributed by atoms with Crippen LogP contribution in [0.5, 0.6) is 0 Å². The Labute approximate surface area is 228 Å². The normalized spacial score (nSPS) is 22.1. The predicted molar refractivity (Wildman–Crippen MR) is 163 cm³/mol. The van der Waals surface area contributed by atoms with Gasteiger partial charge in [0.15, 0.2) is 0 Å². The van der Waals surface area contributed by atoms with E-state index in [2.05, 4.69) is 58.1 Å². The molecule has 0 nitrogen and oxygen atoms in total. The Morgan fingerprint density at radius 2 is 1.62 bits per heavy atom. The Kier molecular flexibility index (Phi) is 14.6. The first-order valence-electron chi connectivity index (χ1n) is 15.1. The Balaban J connectivity index is 0.000000602. The molecule has 37 heavy (non-hydrogen) atoms. The molecule has 1 heteroatoms. The van der Waals surface area contributed by atoms with Gasteiger partial charge in [0, 0.05) is 0 Å². The molecule has 0 amide bonds. The lowest BCUT2D eigenvalue weighted by molar-refractivity contribution is 0.454. The second-order valence-corrected chi connectivity index (χ2v) is 11.0. The molecule has 0 aromatic heterocycles. The van der Waals surface area contributed by atoms with Gasteiger partial charge >= 0.3 is 0 Å². The summed E-state index contributed by atoms with van der Waals surface area (Å²) in [6.07, 6.45) is 27.0. The van der Waals surface area contributed by atoms with Crippen molar-refractivity contribution in [2.45, 2.75) is 119 Å². The first-order chi connectivity index (χ1) is 17.9. The van der Waals surface area contributed by atoms with E-state index in [-0.39, 0.29) is 5.82 Å². The molecule has 1 aromatic carbocycles. The van der Waals surface area contributed by atoms with Crippen molar-refractivity contribution in [1.29, 1.82) is 0 Å². The summed E-state index contributed by atoms with van der Waals surface area (Å²) in [6, 6.07) is 7.05. The van der Waals surface area contributed by atoms with Crippen LogP contribution in [-0.4, -0.2) is 0 Å². The summed E-state index contributed by atoms with van der Waals surface area (Å²) < 4.78 is 13.5. The molecule has 1 saturated carbocycles. The van der Waals surface area contributed by atoms with Crippen molar-refractivity contribution in [1.82, 2.24) is 0 Å². The topological polar surface area (TPSA) is 0 Å². The van der Waals surface area contributed by atoms with Gasteiger partial charge in [0.2, 0.25) is 0 Å². The SMILES string of the molecule is C1CCCC1.CC.CCC1=CCC(C/C=C(\CC2=CC(C)CC(C)CC2)c2ccc(F)cc2)=C(C)C=C1. The molecule has 204 valence electrons. The highest BCUT2D eigenvalue weighted by Gasteiger charge is 2.16. The van der Waals surface area contributed by atoms with Gasteiger partial charge in [-0.05, 0) is 87.0 Å². The van der Waals surface area contributed by atoms with E-state index in [1.807, 2.05) is 26.0 Å². The standard InChI is InChI=1S/C29H37F.C5H10.C2H6/c1-5-24-9-7-23(4)26(11-10-24)12-13-28(27-14-16-29(30)17-15-27)20-25-8-6-21(2)18-22(3)19-25;1-2-4-5-3-1;1-2/h7,9-10,13-17,19,21-22H,5-6,8,11-12,18,20H2,1-4H3;1-5H2;1-2H3/b28-13+;;. The maximum absolute atomic E-state index is 13.5. The Bertz CT molecular complexity index is 939. The van der Waals surface area contributed by atoms with E-state index in [0.717, 1.165) is 37.2 Å². The van der Waals surface area contributed by atoms with Gasteiger partial charge < -0.3 is 0 Å². The van der Waals surface area contributed by atoms with Crippen LogP contribution in [0.1, 0.15) is 124 Å². The van der Waals surface area contributed by atoms with Gasteiger partial charge in [0.25, 0.3) is 0 Å². The van der Waals surface area contributed by atoms with Crippen molar-refractivity contribution in [3.8, 4) is 0 Å². The monoisotopic (exact) mass is 504 g/mol. The minimum Gasteiger partial charge on any atom is -0.207 e. The maximum Gasteiger partial charge on any atom is 0.123 e. The van der Waals surface area contributed by atoms with Crippen molar-refractivity contribution in [3.63, 3.8) is 0 Å². The van der Waals surface area contributed by atoms with Gasteiger partial charge in [0.1, 0.15) is 5.82 Å². The van der Waals surface area contributed by atoms with Crippen LogP contribution >= 0.6 is 0 Å². The molecule has 0 saturated heterocycles. The van der Waals surface area contributed by atoms with Crippen molar-refractivity contribution in [2.24, 2.45) is 11.8 Å². The highest BCUT2D eigenvalue weighted by atomic mass is 19.1. The smallest absolute Gasteiger partial charge is 0.123 e. The fourth-order valence-electron chi connectivity index (χ4n) is 5.56. The molecule has 0 heterocycles. The average molecular weight is 505 g/mol. The third-order valence-electron chi connectivity index (χ3n) is 7.85. The lowest BCUT2D eigenvalue weighted by atomic mass is 9.92. The second-order valence-electron chi connectivity index (χ2n) is 11.0. The molecule has 3 aliphatic carbocycles. The summed E-state index contributed by atoms with van der Waals surface area (Å²) in [5.74, 6) is 1.26. The van der Waals surface area contributed by atoms with Crippen LogP contribution in [0.2, 0.25) is 0 Å². The molecule has 0 N–H and O–H groups in total. The number of hydrogen-bond acceptors (Lipinski definition) is 0. The number of allylic oxidation sites excluding steroid dienone is 10. The molecule has 1 aromatic rings. The summed E-state index contributed by atoms with van der Waals surface area (Å²) in [4.78, 5) is 0. The Morgan fingerprint density at radius 1 is 0.973 bits per heavy atom. The van der Waals surface area contributed by atoms with E-state index in [4.69, 9.17) is 0 Å². The fraction of sp³-hybridized carbons (Fsp3) is 0.556. The van der Waals surface area contributed by atoms with E-state index in [1.54, 1.807) is 17.7 Å². The predicted octanol–water partition coefficient (Wildman–Crippen LogP) is 12.0. The van der Waals surface area contributed by atoms with Crippen LogP contribution in [0, 0.1) is 17.7 Å². The van der Waals surface area contributed by atoms with Crippen LogP contribution in [-0.2, 0) is 0 Å². The van der Waals surface area contributed by atoms with Crippen molar-refractivity contribution >= 4 is 5.57 Å². The van der Waals surface area contributed by atoms with Crippen LogP contribution in [0.4, 0.5) is 4.39 Å². The summed E-state index contributed by atoms with van der Waals surface area (Å²) in [5, 5.41) is 0. The van der Waals surface area contributed by atoms with Gasteiger partial charge in [-0.1, -0.05) is 132 Å². The van der Waals surface area contributed by atoms with E-state index >= 15 is 0 Å². The Morgan fingerprint density at radius 3 is 2.24 bits per heavy atom. The summed E-state index contributed by atoms with van der Waals surface area (Å²) >= 11 is 0. The number of hydrogen-bond donors (Lipinski definition) is 0. The van der Waals surface area contributed by atoms with Gasteiger partial charge in [-0.25, -0.2) is 4.39 Å². The average Bonchev–Trinajstić information content (AvgIpc) is 3.39. The first kappa shape index (κ1) is 31.1. The molecule has 0 aliphatic heterocycles. The van der Waals surface area contributed by atoms with E-state index in [9.17, 15) is 4.39 Å². The van der Waals surface area contributed by atoms with Gasteiger partial charge in [-0.2, -0.15) is 0 Å². The van der Waals surface area contributed by atoms with Gasteiger partial charge in [-0.3, -0.25) is 0 Å². The zero-order valence-electron chi connectivity index (χ0n) is 24.7. The second kappa shape index (κ2) is 17.4. The largest absolute Gasteiger partial charge is 0.207 e. The lowest BCUT2D eigenvalue weighted by Crippen LogP contribution is -1.97. The molecular formula is C36H53F. The molecule has 3 aliphatic rings. The maximum atomic E-state index is 13.5. The highest BCUT2D eigenvalue weighted by molar-refractivity contribution is 5.68. The van der Waals surface area contributed by atoms with Crippen LogP contribution in [0.25, 0.3) is 5.57 Å². The lowest BCUT2D eigenvalue weighted by Gasteiger charge is -2.13. The number of halogens is 1. The van der Waals surface area contributed by atoms with E-state index in [0.29, 0.717) is 5.92 Å². The highest BCUT2D eigenvalue weighted by Crippen LogP contribution is 2.33. The summed E-state index contributed by atoms with van der Waals surface area (Å²) in [5.41, 5.74) is 8.29. The zero-order chi connectivity index (χ0) is 27.0. The van der Waals surface area contributed by atoms with Crippen molar-refractivity contribution in [2.75, 3.05) is 0 Å². The molecule has 1 fully saturated rings. The molecule has 2 unspecified atom stereocenters. The minimum absolute atomic E-state index is 0.168. The molecular weight excluding hydrogens is 451 g/mol. The molecule has 0 spiro atoms. The van der Waals surface area contributed by atoms with Crippen LogP contribution in [0.3, 0.4) is 0 Å². The van der Waals surface area contributed by atoms with E-state index < -0.39 is 0 Å². The summed E-state index contributed by atoms with van der Waals surface area (Å²) in [6.45, 7) is 13.1. The quantitative estimate of drug-likeness (QED) is 0.338. The van der Waals surface area contributed by atoms with Crippen molar-refractivity contribution < 1.29 is 4.39 Å². The van der Waals surface area contributed by atoms with Crippen molar-refractivity contribution in [3.05, 3.63) is 88.3 Å². The van der Waals surface area contributed by atoms with Gasteiger partial charge in [0.05, 0.1) is 0 Å². The Hall–Kier alpha value is -2.15. The fourth-order valence-corrected chi connectivity index (χ4v) is 5.56.